The molecule has 13 heavy (non-hydrogen) atoms. The third-order valence-electron chi connectivity index (χ3n) is 2.44. The topological polar surface area (TPSA) is 27.1 Å². The molecule has 0 N–H and O–H groups in total. The van der Waals surface area contributed by atoms with Crippen molar-refractivity contribution in [2.45, 2.75) is 19.1 Å². The van der Waals surface area contributed by atoms with E-state index in [4.69, 9.17) is 4.74 Å². The number of nitrogens with zero attached hydrogens (tertiary/aromatic N) is 2. The molecule has 3 nitrogen and oxygen atoms in total. The van der Waals surface area contributed by atoms with Gasteiger partial charge in [-0.25, -0.2) is 4.98 Å². The second-order valence-corrected chi connectivity index (χ2v) is 4.18. The minimum absolute atomic E-state index is 0.414. The van der Waals surface area contributed by atoms with E-state index in [-0.39, 0.29) is 0 Å². The van der Waals surface area contributed by atoms with Crippen molar-refractivity contribution in [2.75, 3.05) is 6.61 Å². The van der Waals surface area contributed by atoms with Crippen molar-refractivity contribution < 1.29 is 4.74 Å². The predicted octanol–water partition coefficient (Wildman–Crippen LogP) is 1.89. The molecule has 0 aromatic carbocycles. The van der Waals surface area contributed by atoms with Crippen molar-refractivity contribution in [3.8, 4) is 0 Å². The molecule has 1 fully saturated rings. The molecule has 0 aliphatic carbocycles. The number of imidazole rings is 1. The van der Waals surface area contributed by atoms with Crippen LogP contribution in [0, 0.1) is 0 Å². The van der Waals surface area contributed by atoms with E-state index in [9.17, 15) is 0 Å². The van der Waals surface area contributed by atoms with Crippen LogP contribution >= 0.6 is 11.3 Å². The van der Waals surface area contributed by atoms with Crippen molar-refractivity contribution in [3.05, 3.63) is 17.8 Å². The van der Waals surface area contributed by atoms with Gasteiger partial charge >= 0.3 is 0 Å². The number of hydrogen-bond acceptors (Lipinski definition) is 3. The molecule has 0 bridgehead atoms. The van der Waals surface area contributed by atoms with Crippen molar-refractivity contribution in [3.63, 3.8) is 0 Å². The Hall–Kier alpha value is -0.870. The van der Waals surface area contributed by atoms with Gasteiger partial charge in [0.15, 0.2) is 0 Å². The summed E-state index contributed by atoms with van der Waals surface area (Å²) < 4.78 is 7.56. The van der Waals surface area contributed by atoms with E-state index >= 15 is 0 Å². The molecular weight excluding hydrogens is 184 g/mol. The number of aromatic nitrogens is 2. The number of hydrogen-bond donors (Lipinski definition) is 0. The fraction of sp³-hybridized carbons (Fsp3) is 0.444. The molecule has 2 aromatic heterocycles. The van der Waals surface area contributed by atoms with Gasteiger partial charge in [0, 0.05) is 6.61 Å². The molecule has 4 heteroatoms. The molecule has 0 saturated carbocycles. The first-order valence-electron chi connectivity index (χ1n) is 4.43. The van der Waals surface area contributed by atoms with E-state index in [0.717, 1.165) is 18.0 Å². The minimum Gasteiger partial charge on any atom is -0.376 e. The van der Waals surface area contributed by atoms with Crippen molar-refractivity contribution in [2.24, 2.45) is 0 Å². The van der Waals surface area contributed by atoms with Crippen LogP contribution in [0.3, 0.4) is 0 Å². The summed E-state index contributed by atoms with van der Waals surface area (Å²) in [6.07, 6.45) is 3.50. The quantitative estimate of drug-likeness (QED) is 0.730. The summed E-state index contributed by atoms with van der Waals surface area (Å²) in [6, 6.07) is 2.12. The standard InChI is InChI=1S/C9H10N2OS/c1-3-12-7(1)5-11-6-10-9-8(11)2-4-13-9/h2,4,6-7H,1,3,5H2. The lowest BCUT2D eigenvalue weighted by molar-refractivity contribution is -0.0586. The first kappa shape index (κ1) is 7.53. The zero-order valence-electron chi connectivity index (χ0n) is 7.14. The van der Waals surface area contributed by atoms with Crippen molar-refractivity contribution >= 4 is 21.7 Å². The van der Waals surface area contributed by atoms with Gasteiger partial charge in [0.25, 0.3) is 0 Å². The Labute approximate surface area is 80.0 Å². The Morgan fingerprint density at radius 2 is 2.62 bits per heavy atom. The van der Waals surface area contributed by atoms with Gasteiger partial charge in [-0.15, -0.1) is 11.3 Å². The van der Waals surface area contributed by atoms with Crippen LogP contribution in [0.15, 0.2) is 17.8 Å². The summed E-state index contributed by atoms with van der Waals surface area (Å²) >= 11 is 1.69. The molecule has 3 rings (SSSR count). The Morgan fingerprint density at radius 3 is 3.38 bits per heavy atom. The van der Waals surface area contributed by atoms with E-state index in [1.807, 2.05) is 6.33 Å². The number of fused-ring (bicyclic) bond motifs is 1. The van der Waals surface area contributed by atoms with Crippen molar-refractivity contribution in [1.82, 2.24) is 9.55 Å². The highest BCUT2D eigenvalue weighted by Gasteiger charge is 2.19. The fourth-order valence-electron chi connectivity index (χ4n) is 1.59. The zero-order chi connectivity index (χ0) is 8.67. The molecular formula is C9H10N2OS. The Bertz CT molecular complexity index is 416. The third-order valence-corrected chi connectivity index (χ3v) is 3.25. The highest BCUT2D eigenvalue weighted by molar-refractivity contribution is 7.16. The zero-order valence-corrected chi connectivity index (χ0v) is 7.96. The Morgan fingerprint density at radius 1 is 1.69 bits per heavy atom. The summed E-state index contributed by atoms with van der Waals surface area (Å²) in [5, 5.41) is 2.08. The van der Waals surface area contributed by atoms with Crippen LogP contribution in [0.2, 0.25) is 0 Å². The average molecular weight is 194 g/mol. The second kappa shape index (κ2) is 2.82. The highest BCUT2D eigenvalue weighted by atomic mass is 32.1. The molecule has 0 spiro atoms. The first-order chi connectivity index (χ1) is 6.43. The molecule has 3 heterocycles. The van der Waals surface area contributed by atoms with Gasteiger partial charge < -0.3 is 9.30 Å². The molecule has 1 aliphatic heterocycles. The normalized spacial score (nSPS) is 22.0. The van der Waals surface area contributed by atoms with Crippen LogP contribution in [0.4, 0.5) is 0 Å². The molecule has 1 aliphatic rings. The van der Waals surface area contributed by atoms with Gasteiger partial charge in [-0.2, -0.15) is 0 Å². The van der Waals surface area contributed by atoms with Crippen LogP contribution in [0.25, 0.3) is 10.3 Å². The van der Waals surface area contributed by atoms with Gasteiger partial charge in [0.2, 0.25) is 0 Å². The number of ether oxygens (including phenoxy) is 1. The Balaban J connectivity index is 1.92. The summed E-state index contributed by atoms with van der Waals surface area (Å²) in [5.41, 5.74) is 1.24. The monoisotopic (exact) mass is 194 g/mol. The summed E-state index contributed by atoms with van der Waals surface area (Å²) in [6.45, 7) is 1.87. The van der Waals surface area contributed by atoms with E-state index in [0.29, 0.717) is 6.10 Å². The van der Waals surface area contributed by atoms with Gasteiger partial charge in [-0.3, -0.25) is 0 Å². The molecule has 2 aromatic rings. The summed E-state index contributed by atoms with van der Waals surface area (Å²) in [4.78, 5) is 5.44. The highest BCUT2D eigenvalue weighted by Crippen LogP contribution is 2.21. The van der Waals surface area contributed by atoms with E-state index in [1.54, 1.807) is 11.3 Å². The van der Waals surface area contributed by atoms with Crippen LogP contribution in [0.5, 0.6) is 0 Å². The van der Waals surface area contributed by atoms with E-state index < -0.39 is 0 Å². The Kier molecular flexibility index (Phi) is 1.63. The maximum absolute atomic E-state index is 5.38. The molecule has 1 saturated heterocycles. The largest absolute Gasteiger partial charge is 0.376 e. The SMILES string of the molecule is c1cc2c(ncn2CC2CCO2)s1. The van der Waals surface area contributed by atoms with Crippen LogP contribution in [0.1, 0.15) is 6.42 Å². The lowest BCUT2D eigenvalue weighted by atomic mass is 10.2. The summed E-state index contributed by atoms with van der Waals surface area (Å²) in [7, 11) is 0. The summed E-state index contributed by atoms with van der Waals surface area (Å²) in [5.74, 6) is 0. The average Bonchev–Trinajstić information content (AvgIpc) is 2.58. The van der Waals surface area contributed by atoms with Gasteiger partial charge in [-0.05, 0) is 17.9 Å². The van der Waals surface area contributed by atoms with Crippen molar-refractivity contribution in [1.29, 1.82) is 0 Å². The number of thiophene rings is 1. The number of rotatable bonds is 2. The molecule has 68 valence electrons. The van der Waals surface area contributed by atoms with Gasteiger partial charge in [-0.1, -0.05) is 0 Å². The first-order valence-corrected chi connectivity index (χ1v) is 5.31. The molecule has 0 amide bonds. The molecule has 1 unspecified atom stereocenters. The van der Waals surface area contributed by atoms with Crippen LogP contribution < -0.4 is 0 Å². The molecule has 1 atom stereocenters. The lowest BCUT2D eigenvalue weighted by Crippen LogP contribution is -2.30. The predicted molar refractivity (Wildman–Crippen MR) is 52.0 cm³/mol. The van der Waals surface area contributed by atoms with Gasteiger partial charge in [0.05, 0.1) is 24.5 Å². The smallest absolute Gasteiger partial charge is 0.141 e. The second-order valence-electron chi connectivity index (χ2n) is 3.29. The van der Waals surface area contributed by atoms with Gasteiger partial charge in [0.1, 0.15) is 4.83 Å². The fourth-order valence-corrected chi connectivity index (χ4v) is 2.33. The maximum Gasteiger partial charge on any atom is 0.141 e. The maximum atomic E-state index is 5.38. The molecule has 0 radical (unpaired) electrons. The van der Waals surface area contributed by atoms with E-state index in [1.165, 1.54) is 11.9 Å². The van der Waals surface area contributed by atoms with E-state index in [2.05, 4.69) is 21.0 Å². The lowest BCUT2D eigenvalue weighted by Gasteiger charge is -2.26. The van der Waals surface area contributed by atoms with Crippen LogP contribution in [-0.2, 0) is 11.3 Å². The minimum atomic E-state index is 0.414. The third kappa shape index (κ3) is 1.17. The van der Waals surface area contributed by atoms with Crippen LogP contribution in [-0.4, -0.2) is 22.3 Å².